The predicted molar refractivity (Wildman–Crippen MR) is 22.4 cm³/mol. The molecule has 1 unspecified atom stereocenters. The van der Waals surface area contributed by atoms with Gasteiger partial charge in [0.2, 0.25) is 0 Å². The smallest absolute Gasteiger partial charge is 0.320 e. The highest BCUT2D eigenvalue weighted by Crippen LogP contribution is 1.80. The zero-order valence-electron chi connectivity index (χ0n) is 4.13. The molecule has 1 atom stereocenters. The quantitative estimate of drug-likeness (QED) is 0.206. The molecule has 0 heterocycles. The van der Waals surface area contributed by atoms with E-state index in [1.54, 1.807) is 6.92 Å². The molecule has 0 aliphatic rings. The van der Waals surface area contributed by atoms with Crippen LogP contribution in [0.2, 0.25) is 0 Å². The molecule has 0 radical (unpaired) electrons. The zero-order chi connectivity index (χ0) is 5.70. The van der Waals surface area contributed by atoms with E-state index in [0.717, 1.165) is 6.29 Å². The Bertz CT molecular complexity index is 58.0. The molecule has 0 saturated carbocycles. The first-order chi connectivity index (χ1) is 3.27. The summed E-state index contributed by atoms with van der Waals surface area (Å²) in [7, 11) is 0. The standard InChI is InChI=1S/C4H8O3/c1-4(5)2-3-7-6/h3-5H,2H2,1H3. The summed E-state index contributed by atoms with van der Waals surface area (Å²) >= 11 is 0. The maximum absolute atomic E-state index is 9.17. The van der Waals surface area contributed by atoms with Crippen LogP contribution in [0.5, 0.6) is 0 Å². The largest absolute Gasteiger partial charge is 0.463 e. The van der Waals surface area contributed by atoms with Gasteiger partial charge in [0.1, 0.15) is 0 Å². The molecule has 3 nitrogen and oxygen atoms in total. The Morgan fingerprint density at radius 3 is 2.71 bits per heavy atom. The monoisotopic (exact) mass is 104 g/mol. The lowest BCUT2D eigenvalue weighted by Crippen LogP contribution is -2.04. The molecule has 0 aliphatic heterocycles. The van der Waals surface area contributed by atoms with Crippen molar-refractivity contribution in [2.24, 2.45) is 0 Å². The highest BCUT2D eigenvalue weighted by Gasteiger charge is 1.93. The number of carbonyl (C=O) groups excluding carboxylic acids is 1. The molecular formula is C4H8O3. The van der Waals surface area contributed by atoms with Crippen LogP contribution in [0.4, 0.5) is 0 Å². The maximum Gasteiger partial charge on any atom is 0.320 e. The predicted octanol–water partition coefficient (Wildman–Crippen LogP) is -1.23. The lowest BCUT2D eigenvalue weighted by Gasteiger charge is -1.88. The van der Waals surface area contributed by atoms with E-state index in [9.17, 15) is 0 Å². The topological polar surface area (TPSA) is 54.6 Å². The van der Waals surface area contributed by atoms with Gasteiger partial charge in [-0.25, -0.2) is 0 Å². The average Bonchev–Trinajstić information content (AvgIpc) is 1.61. The van der Waals surface area contributed by atoms with E-state index >= 15 is 0 Å². The van der Waals surface area contributed by atoms with Gasteiger partial charge in [0.15, 0.2) is 0 Å². The molecule has 0 rings (SSSR count). The van der Waals surface area contributed by atoms with Gasteiger partial charge in [0.05, 0.1) is 12.5 Å². The highest BCUT2D eigenvalue weighted by molar-refractivity contribution is 5.50. The van der Waals surface area contributed by atoms with E-state index in [-0.39, 0.29) is 0 Å². The van der Waals surface area contributed by atoms with Crippen LogP contribution in [0, 0.1) is 0 Å². The van der Waals surface area contributed by atoms with Gasteiger partial charge in [-0.05, 0) is 6.92 Å². The summed E-state index contributed by atoms with van der Waals surface area (Å²) in [6.45, 7) is 1.58. The molecule has 0 aliphatic carbocycles. The summed E-state index contributed by atoms with van der Waals surface area (Å²) in [6, 6.07) is 0. The molecule has 1 N–H and O–H groups in total. The SMILES string of the molecule is CC(O)CC=[O+][O-]. The molecule has 0 aromatic rings. The Balaban J connectivity index is 2.97. The van der Waals surface area contributed by atoms with E-state index in [2.05, 4.69) is 4.58 Å². The number of aliphatic hydroxyl groups is 1. The Morgan fingerprint density at radius 2 is 2.57 bits per heavy atom. The van der Waals surface area contributed by atoms with Gasteiger partial charge in [-0.1, -0.05) is 0 Å². The summed E-state index contributed by atoms with van der Waals surface area (Å²) < 4.78 is 3.32. The normalized spacial score (nSPS) is 15.1. The Labute approximate surface area is 41.8 Å². The van der Waals surface area contributed by atoms with E-state index in [4.69, 9.17) is 10.4 Å². The fourth-order valence-corrected chi connectivity index (χ4v) is 0.179. The van der Waals surface area contributed by atoms with Gasteiger partial charge >= 0.3 is 6.29 Å². The molecule has 0 amide bonds. The molecule has 42 valence electrons. The molecular weight excluding hydrogens is 96.0 g/mol. The summed E-state index contributed by atoms with van der Waals surface area (Å²) in [5, 5.41) is 17.6. The van der Waals surface area contributed by atoms with Crippen LogP contribution < -0.4 is 5.26 Å². The van der Waals surface area contributed by atoms with Gasteiger partial charge in [-0.3, -0.25) is 0 Å². The molecule has 0 bridgehead atoms. The van der Waals surface area contributed by atoms with Crippen molar-refractivity contribution in [3.63, 3.8) is 0 Å². The summed E-state index contributed by atoms with van der Waals surface area (Å²) in [6.07, 6.45) is 0.836. The van der Waals surface area contributed by atoms with Gasteiger partial charge in [0.25, 0.3) is 0 Å². The van der Waals surface area contributed by atoms with Crippen LogP contribution in [0.3, 0.4) is 0 Å². The molecule has 0 spiro atoms. The van der Waals surface area contributed by atoms with Crippen molar-refractivity contribution < 1.29 is 14.9 Å². The van der Waals surface area contributed by atoms with E-state index in [0.29, 0.717) is 6.42 Å². The third-order valence-corrected chi connectivity index (χ3v) is 0.505. The van der Waals surface area contributed by atoms with Gasteiger partial charge in [0, 0.05) is 0 Å². The fraction of sp³-hybridized carbons (Fsp3) is 0.750. The van der Waals surface area contributed by atoms with Crippen molar-refractivity contribution in [2.45, 2.75) is 19.4 Å². The Morgan fingerprint density at radius 1 is 2.00 bits per heavy atom. The molecule has 0 fully saturated rings. The molecule has 3 heteroatoms. The highest BCUT2D eigenvalue weighted by atomic mass is 17.1. The van der Waals surface area contributed by atoms with Crippen molar-refractivity contribution >= 4 is 6.29 Å². The minimum Gasteiger partial charge on any atom is -0.463 e. The van der Waals surface area contributed by atoms with E-state index < -0.39 is 6.10 Å². The van der Waals surface area contributed by atoms with Crippen molar-refractivity contribution in [3.8, 4) is 0 Å². The van der Waals surface area contributed by atoms with Crippen molar-refractivity contribution in [3.05, 3.63) is 0 Å². The second kappa shape index (κ2) is 3.61. The second-order valence-electron chi connectivity index (χ2n) is 1.35. The first-order valence-electron chi connectivity index (χ1n) is 2.05. The third kappa shape index (κ3) is 5.43. The zero-order valence-corrected chi connectivity index (χ0v) is 4.13. The number of hydrogen-bond donors (Lipinski definition) is 1. The minimum absolute atomic E-state index is 0.295. The van der Waals surface area contributed by atoms with Crippen LogP contribution >= 0.6 is 0 Å². The lowest BCUT2D eigenvalue weighted by atomic mass is 10.3. The molecule has 0 aromatic carbocycles. The van der Waals surface area contributed by atoms with E-state index in [1.807, 2.05) is 0 Å². The summed E-state index contributed by atoms with van der Waals surface area (Å²) in [4.78, 5) is 0. The summed E-state index contributed by atoms with van der Waals surface area (Å²) in [5.74, 6) is 0. The van der Waals surface area contributed by atoms with Crippen LogP contribution in [0.1, 0.15) is 13.3 Å². The molecule has 0 saturated heterocycles. The van der Waals surface area contributed by atoms with Crippen molar-refractivity contribution in [1.29, 1.82) is 0 Å². The van der Waals surface area contributed by atoms with E-state index in [1.165, 1.54) is 0 Å². The lowest BCUT2D eigenvalue weighted by molar-refractivity contribution is -1.04. The Kier molecular flexibility index (Phi) is 3.32. The number of rotatable bonds is 2. The summed E-state index contributed by atoms with van der Waals surface area (Å²) in [5.41, 5.74) is 0. The Hall–Kier alpha value is -0.570. The molecule has 0 aromatic heterocycles. The number of aldehydes is 1. The van der Waals surface area contributed by atoms with Gasteiger partial charge in [-0.15, -0.1) is 0 Å². The second-order valence-corrected chi connectivity index (χ2v) is 1.35. The van der Waals surface area contributed by atoms with Crippen LogP contribution in [0.25, 0.3) is 0 Å². The fourth-order valence-electron chi connectivity index (χ4n) is 0.179. The van der Waals surface area contributed by atoms with Crippen molar-refractivity contribution in [1.82, 2.24) is 0 Å². The van der Waals surface area contributed by atoms with Crippen LogP contribution in [0.15, 0.2) is 0 Å². The number of hydrogen-bond acceptors (Lipinski definition) is 2. The van der Waals surface area contributed by atoms with Gasteiger partial charge in [-0.2, -0.15) is 4.58 Å². The van der Waals surface area contributed by atoms with Gasteiger partial charge < -0.3 is 10.4 Å². The average molecular weight is 104 g/mol. The first kappa shape index (κ1) is 6.43. The third-order valence-electron chi connectivity index (χ3n) is 0.505. The molecule has 7 heavy (non-hydrogen) atoms. The van der Waals surface area contributed by atoms with Crippen LogP contribution in [-0.2, 0) is 4.58 Å². The van der Waals surface area contributed by atoms with Crippen molar-refractivity contribution in [2.75, 3.05) is 0 Å². The number of aliphatic hydroxyl groups excluding tert-OH is 1. The minimum atomic E-state index is -0.478. The van der Waals surface area contributed by atoms with Crippen LogP contribution in [-0.4, -0.2) is 17.5 Å². The first-order valence-corrected chi connectivity index (χ1v) is 2.05. The maximum atomic E-state index is 9.17.